The van der Waals surface area contributed by atoms with Crippen LogP contribution in [0.4, 0.5) is 11.4 Å². The van der Waals surface area contributed by atoms with Crippen molar-refractivity contribution in [3.63, 3.8) is 0 Å². The Kier molecular flexibility index (Phi) is 5.77. The van der Waals surface area contributed by atoms with Crippen LogP contribution >= 0.6 is 0 Å². The number of aliphatic hydroxyl groups is 1. The number of rotatable bonds is 6. The van der Waals surface area contributed by atoms with Crippen molar-refractivity contribution in [3.8, 4) is 0 Å². The SMILES string of the molecule is CCCN(C)c1ccc(C(=O)Nc2cc(CO)ccc2C)cc1. The number of nitrogens with one attached hydrogen (secondary N) is 1. The Morgan fingerprint density at radius 3 is 2.48 bits per heavy atom. The van der Waals surface area contributed by atoms with E-state index in [9.17, 15) is 9.90 Å². The molecule has 4 heteroatoms. The molecule has 0 aromatic heterocycles. The van der Waals surface area contributed by atoms with Crippen LogP contribution in [-0.2, 0) is 6.61 Å². The molecule has 23 heavy (non-hydrogen) atoms. The monoisotopic (exact) mass is 312 g/mol. The molecule has 0 saturated heterocycles. The molecule has 0 bridgehead atoms. The highest BCUT2D eigenvalue weighted by atomic mass is 16.3. The van der Waals surface area contributed by atoms with Gasteiger partial charge in [-0.15, -0.1) is 0 Å². The number of nitrogens with zero attached hydrogens (tertiary/aromatic N) is 1. The summed E-state index contributed by atoms with van der Waals surface area (Å²) in [5.74, 6) is -0.145. The lowest BCUT2D eigenvalue weighted by atomic mass is 10.1. The van der Waals surface area contributed by atoms with E-state index in [2.05, 4.69) is 17.1 Å². The molecule has 0 spiro atoms. The molecule has 2 rings (SSSR count). The van der Waals surface area contributed by atoms with E-state index in [0.717, 1.165) is 35.5 Å². The van der Waals surface area contributed by atoms with E-state index >= 15 is 0 Å². The molecule has 0 radical (unpaired) electrons. The summed E-state index contributed by atoms with van der Waals surface area (Å²) in [6.07, 6.45) is 1.08. The Bertz CT molecular complexity index is 666. The number of carbonyl (C=O) groups excluding carboxylic acids is 1. The van der Waals surface area contributed by atoms with E-state index in [-0.39, 0.29) is 12.5 Å². The first kappa shape index (κ1) is 17.0. The molecular formula is C19H24N2O2. The second kappa shape index (κ2) is 7.79. The summed E-state index contributed by atoms with van der Waals surface area (Å²) in [5.41, 5.74) is 4.19. The lowest BCUT2D eigenvalue weighted by molar-refractivity contribution is 0.102. The second-order valence-corrected chi connectivity index (χ2v) is 5.73. The number of aliphatic hydroxyl groups excluding tert-OH is 1. The van der Waals surface area contributed by atoms with Crippen molar-refractivity contribution >= 4 is 17.3 Å². The Morgan fingerprint density at radius 1 is 1.17 bits per heavy atom. The van der Waals surface area contributed by atoms with Crippen LogP contribution < -0.4 is 10.2 Å². The molecule has 0 saturated carbocycles. The van der Waals surface area contributed by atoms with Crippen molar-refractivity contribution in [1.82, 2.24) is 0 Å². The van der Waals surface area contributed by atoms with Crippen LogP contribution in [0.5, 0.6) is 0 Å². The van der Waals surface area contributed by atoms with E-state index in [1.54, 1.807) is 6.07 Å². The molecule has 0 aliphatic rings. The predicted molar refractivity (Wildman–Crippen MR) is 95.1 cm³/mol. The quantitative estimate of drug-likeness (QED) is 0.857. The summed E-state index contributed by atoms with van der Waals surface area (Å²) >= 11 is 0. The van der Waals surface area contributed by atoms with Gasteiger partial charge in [-0.2, -0.15) is 0 Å². The van der Waals surface area contributed by atoms with Crippen LogP contribution in [0.25, 0.3) is 0 Å². The van der Waals surface area contributed by atoms with Crippen molar-refractivity contribution in [2.75, 3.05) is 23.8 Å². The highest BCUT2D eigenvalue weighted by Crippen LogP contribution is 2.19. The summed E-state index contributed by atoms with van der Waals surface area (Å²) in [6, 6.07) is 13.1. The number of aryl methyl sites for hydroxylation is 1. The standard InChI is InChI=1S/C19H24N2O2/c1-4-11-21(3)17-9-7-16(8-10-17)19(23)20-18-12-15(13-22)6-5-14(18)2/h5-10,12,22H,4,11,13H2,1-3H3,(H,20,23). The summed E-state index contributed by atoms with van der Waals surface area (Å²) in [5, 5.41) is 12.1. The maximum atomic E-state index is 12.4. The minimum Gasteiger partial charge on any atom is -0.392 e. The van der Waals surface area contributed by atoms with Gasteiger partial charge in [-0.1, -0.05) is 19.1 Å². The number of hydrogen-bond acceptors (Lipinski definition) is 3. The van der Waals surface area contributed by atoms with Gasteiger partial charge in [0.25, 0.3) is 5.91 Å². The predicted octanol–water partition coefficient (Wildman–Crippen LogP) is 3.59. The molecule has 0 heterocycles. The maximum Gasteiger partial charge on any atom is 0.255 e. The first-order valence-electron chi connectivity index (χ1n) is 7.88. The molecule has 0 atom stereocenters. The molecular weight excluding hydrogens is 288 g/mol. The number of hydrogen-bond donors (Lipinski definition) is 2. The summed E-state index contributed by atoms with van der Waals surface area (Å²) < 4.78 is 0. The molecule has 2 aromatic carbocycles. The largest absolute Gasteiger partial charge is 0.392 e. The zero-order valence-corrected chi connectivity index (χ0v) is 14.0. The molecule has 0 aliphatic carbocycles. The maximum absolute atomic E-state index is 12.4. The zero-order chi connectivity index (χ0) is 16.8. The van der Waals surface area contributed by atoms with Gasteiger partial charge in [0.05, 0.1) is 6.61 Å². The third kappa shape index (κ3) is 4.33. The fourth-order valence-electron chi connectivity index (χ4n) is 2.43. The minimum atomic E-state index is -0.145. The summed E-state index contributed by atoms with van der Waals surface area (Å²) in [7, 11) is 2.04. The fourth-order valence-corrected chi connectivity index (χ4v) is 2.43. The fraction of sp³-hybridized carbons (Fsp3) is 0.316. The molecule has 4 nitrogen and oxygen atoms in total. The van der Waals surface area contributed by atoms with Crippen molar-refractivity contribution < 1.29 is 9.90 Å². The molecule has 2 N–H and O–H groups in total. The third-order valence-corrected chi connectivity index (χ3v) is 3.86. The highest BCUT2D eigenvalue weighted by molar-refractivity contribution is 6.04. The minimum absolute atomic E-state index is 0.0401. The van der Waals surface area contributed by atoms with E-state index < -0.39 is 0 Å². The van der Waals surface area contributed by atoms with Crippen LogP contribution in [-0.4, -0.2) is 24.6 Å². The smallest absolute Gasteiger partial charge is 0.255 e. The topological polar surface area (TPSA) is 52.6 Å². The zero-order valence-electron chi connectivity index (χ0n) is 14.0. The lowest BCUT2D eigenvalue weighted by Gasteiger charge is -2.18. The van der Waals surface area contributed by atoms with Gasteiger partial charge < -0.3 is 15.3 Å². The van der Waals surface area contributed by atoms with E-state index in [0.29, 0.717) is 5.56 Å². The summed E-state index contributed by atoms with van der Waals surface area (Å²) in [4.78, 5) is 14.5. The molecule has 0 fully saturated rings. The second-order valence-electron chi connectivity index (χ2n) is 5.73. The van der Waals surface area contributed by atoms with Gasteiger partial charge in [0, 0.05) is 30.5 Å². The van der Waals surface area contributed by atoms with Crippen molar-refractivity contribution in [2.45, 2.75) is 26.9 Å². The van der Waals surface area contributed by atoms with Gasteiger partial charge in [0.2, 0.25) is 0 Å². The van der Waals surface area contributed by atoms with Gasteiger partial charge in [0.1, 0.15) is 0 Å². The lowest BCUT2D eigenvalue weighted by Crippen LogP contribution is -2.18. The van der Waals surface area contributed by atoms with Gasteiger partial charge in [-0.3, -0.25) is 4.79 Å². The normalized spacial score (nSPS) is 10.4. The number of carbonyl (C=O) groups is 1. The van der Waals surface area contributed by atoms with E-state index in [4.69, 9.17) is 0 Å². The van der Waals surface area contributed by atoms with E-state index in [1.165, 1.54) is 0 Å². The molecule has 0 aliphatic heterocycles. The number of amides is 1. The molecule has 2 aromatic rings. The van der Waals surface area contributed by atoms with Crippen molar-refractivity contribution in [3.05, 3.63) is 59.2 Å². The Balaban J connectivity index is 2.12. The first-order chi connectivity index (χ1) is 11.0. The van der Waals surface area contributed by atoms with Gasteiger partial charge in [-0.05, 0) is 54.8 Å². The van der Waals surface area contributed by atoms with Crippen LogP contribution in [0.2, 0.25) is 0 Å². The molecule has 1 amide bonds. The molecule has 122 valence electrons. The number of anilines is 2. The summed E-state index contributed by atoms with van der Waals surface area (Å²) in [6.45, 7) is 5.01. The highest BCUT2D eigenvalue weighted by Gasteiger charge is 2.09. The Morgan fingerprint density at radius 2 is 1.87 bits per heavy atom. The van der Waals surface area contributed by atoms with E-state index in [1.807, 2.05) is 50.4 Å². The van der Waals surface area contributed by atoms with Gasteiger partial charge >= 0.3 is 0 Å². The van der Waals surface area contributed by atoms with Crippen LogP contribution in [0.1, 0.15) is 34.8 Å². The number of benzene rings is 2. The van der Waals surface area contributed by atoms with Crippen molar-refractivity contribution in [1.29, 1.82) is 0 Å². The van der Waals surface area contributed by atoms with Crippen molar-refractivity contribution in [2.24, 2.45) is 0 Å². The van der Waals surface area contributed by atoms with Crippen LogP contribution in [0.15, 0.2) is 42.5 Å². The third-order valence-electron chi connectivity index (χ3n) is 3.86. The average molecular weight is 312 g/mol. The Hall–Kier alpha value is -2.33. The average Bonchev–Trinajstić information content (AvgIpc) is 2.57. The molecule has 0 unspecified atom stereocenters. The van der Waals surface area contributed by atoms with Crippen LogP contribution in [0.3, 0.4) is 0 Å². The first-order valence-corrected chi connectivity index (χ1v) is 7.88. The Labute approximate surface area is 137 Å². The van der Waals surface area contributed by atoms with Gasteiger partial charge in [-0.25, -0.2) is 0 Å². The van der Waals surface area contributed by atoms with Crippen LogP contribution in [0, 0.1) is 6.92 Å². The van der Waals surface area contributed by atoms with Gasteiger partial charge in [0.15, 0.2) is 0 Å².